The van der Waals surface area contributed by atoms with Gasteiger partial charge in [0.05, 0.1) is 6.10 Å². The van der Waals surface area contributed by atoms with Gasteiger partial charge >= 0.3 is 0 Å². The van der Waals surface area contributed by atoms with Crippen LogP contribution in [0.25, 0.3) is 0 Å². The van der Waals surface area contributed by atoms with Crippen LogP contribution in [-0.4, -0.2) is 18.0 Å². The quantitative estimate of drug-likeness (QED) is 0.638. The second kappa shape index (κ2) is 8.68. The van der Waals surface area contributed by atoms with E-state index < -0.39 is 0 Å². The topological polar surface area (TPSA) is 9.23 Å². The molecule has 0 aromatic carbocycles. The van der Waals surface area contributed by atoms with Crippen molar-refractivity contribution in [2.24, 2.45) is 17.8 Å². The largest absolute Gasteiger partial charge is 0.377 e. The van der Waals surface area contributed by atoms with Crippen molar-refractivity contribution < 1.29 is 4.74 Å². The van der Waals surface area contributed by atoms with Gasteiger partial charge in [-0.05, 0) is 49.9 Å². The highest BCUT2D eigenvalue weighted by molar-refractivity contribution is 7.81. The molecule has 0 spiro atoms. The third kappa shape index (κ3) is 4.66. The van der Waals surface area contributed by atoms with Gasteiger partial charge in [-0.1, -0.05) is 46.0 Å². The van der Waals surface area contributed by atoms with Crippen LogP contribution in [0.3, 0.4) is 0 Å². The lowest BCUT2D eigenvalue weighted by Gasteiger charge is -2.39. The predicted octanol–water partition coefficient (Wildman–Crippen LogP) is 5.49. The summed E-state index contributed by atoms with van der Waals surface area (Å²) < 4.78 is 6.30. The first-order chi connectivity index (χ1) is 9.72. The average molecular weight is 299 g/mol. The minimum absolute atomic E-state index is 0.411. The third-order valence-corrected chi connectivity index (χ3v) is 6.22. The van der Waals surface area contributed by atoms with Gasteiger partial charge in [-0.2, -0.15) is 12.6 Å². The number of rotatable bonds is 6. The molecule has 0 N–H and O–H groups in total. The maximum atomic E-state index is 6.30. The molecule has 2 fully saturated rings. The van der Waals surface area contributed by atoms with Crippen LogP contribution in [0.1, 0.15) is 78.1 Å². The Kier molecular flexibility index (Phi) is 7.24. The van der Waals surface area contributed by atoms with Gasteiger partial charge in [-0.25, -0.2) is 0 Å². The first kappa shape index (κ1) is 16.7. The number of hydrogen-bond acceptors (Lipinski definition) is 2. The summed E-state index contributed by atoms with van der Waals surface area (Å²) in [5.41, 5.74) is 0. The van der Waals surface area contributed by atoms with E-state index in [0.717, 1.165) is 30.8 Å². The van der Waals surface area contributed by atoms with Crippen LogP contribution in [0, 0.1) is 17.8 Å². The summed E-state index contributed by atoms with van der Waals surface area (Å²) in [5.74, 6) is 2.49. The van der Waals surface area contributed by atoms with Gasteiger partial charge in [0.25, 0.3) is 0 Å². The highest BCUT2D eigenvalue weighted by Crippen LogP contribution is 2.39. The molecular formula is C18H34OS. The maximum absolute atomic E-state index is 6.30. The van der Waals surface area contributed by atoms with E-state index in [9.17, 15) is 0 Å². The molecule has 0 heterocycles. The summed E-state index contributed by atoms with van der Waals surface area (Å²) in [6, 6.07) is 0. The lowest BCUT2D eigenvalue weighted by Crippen LogP contribution is -2.40. The molecule has 1 nitrogen and oxygen atoms in total. The van der Waals surface area contributed by atoms with Crippen molar-refractivity contribution in [3.63, 3.8) is 0 Å². The smallest absolute Gasteiger partial charge is 0.0721 e. The fourth-order valence-electron chi connectivity index (χ4n) is 4.13. The zero-order chi connectivity index (χ0) is 14.4. The van der Waals surface area contributed by atoms with Crippen LogP contribution >= 0.6 is 12.6 Å². The predicted molar refractivity (Wildman–Crippen MR) is 90.5 cm³/mol. The zero-order valence-corrected chi connectivity index (χ0v) is 14.4. The number of hydrogen-bond donors (Lipinski definition) is 1. The number of ether oxygens (including phenoxy) is 1. The van der Waals surface area contributed by atoms with Crippen molar-refractivity contribution in [3.8, 4) is 0 Å². The van der Waals surface area contributed by atoms with Gasteiger partial charge in [-0.3, -0.25) is 0 Å². The Hall–Kier alpha value is 0.310. The van der Waals surface area contributed by atoms with Crippen LogP contribution in [0.4, 0.5) is 0 Å². The molecule has 2 aliphatic rings. The molecule has 0 aliphatic heterocycles. The van der Waals surface area contributed by atoms with Crippen LogP contribution in [0.5, 0.6) is 0 Å². The molecule has 0 amide bonds. The lowest BCUT2D eigenvalue weighted by molar-refractivity contribution is -0.0155. The lowest BCUT2D eigenvalue weighted by atomic mass is 9.75. The molecule has 0 aromatic heterocycles. The molecule has 0 radical (unpaired) electrons. The van der Waals surface area contributed by atoms with Crippen LogP contribution in [-0.2, 0) is 4.74 Å². The first-order valence-corrected chi connectivity index (χ1v) is 9.53. The standard InChI is InChI=1S/C18H34OS/c1-3-13-19-17(15-11-9-14(2)10-12-15)18(20)16-7-5-4-6-8-16/h14-18,20H,3-13H2,1-2H3. The molecular weight excluding hydrogens is 264 g/mol. The van der Waals surface area contributed by atoms with E-state index in [1.54, 1.807) is 0 Å². The number of thiol groups is 1. The molecule has 0 aromatic rings. The summed E-state index contributed by atoms with van der Waals surface area (Å²) >= 11 is 5.05. The van der Waals surface area contributed by atoms with E-state index >= 15 is 0 Å². The van der Waals surface area contributed by atoms with Gasteiger partial charge in [0.2, 0.25) is 0 Å². The van der Waals surface area contributed by atoms with Crippen LogP contribution in [0.2, 0.25) is 0 Å². The van der Waals surface area contributed by atoms with Crippen molar-refractivity contribution in [1.29, 1.82) is 0 Å². The molecule has 118 valence electrons. The van der Waals surface area contributed by atoms with Crippen molar-refractivity contribution in [2.75, 3.05) is 6.61 Å². The molecule has 2 atom stereocenters. The Balaban J connectivity index is 1.94. The molecule has 2 rings (SSSR count). The highest BCUT2D eigenvalue weighted by Gasteiger charge is 2.35. The molecule has 2 saturated carbocycles. The second-order valence-corrected chi connectivity index (χ2v) is 7.84. The summed E-state index contributed by atoms with van der Waals surface area (Å²) in [4.78, 5) is 0. The van der Waals surface area contributed by atoms with Gasteiger partial charge in [0, 0.05) is 11.9 Å². The van der Waals surface area contributed by atoms with Gasteiger partial charge in [0.1, 0.15) is 0 Å². The minimum Gasteiger partial charge on any atom is -0.377 e. The van der Waals surface area contributed by atoms with E-state index in [2.05, 4.69) is 13.8 Å². The van der Waals surface area contributed by atoms with E-state index in [4.69, 9.17) is 17.4 Å². The Morgan fingerprint density at radius 2 is 1.60 bits per heavy atom. The molecule has 2 aliphatic carbocycles. The summed E-state index contributed by atoms with van der Waals surface area (Å²) in [5, 5.41) is 0.472. The van der Waals surface area contributed by atoms with E-state index in [0.29, 0.717) is 11.4 Å². The Morgan fingerprint density at radius 1 is 0.950 bits per heavy atom. The molecule has 0 saturated heterocycles. The van der Waals surface area contributed by atoms with Gasteiger partial charge in [-0.15, -0.1) is 0 Å². The molecule has 20 heavy (non-hydrogen) atoms. The van der Waals surface area contributed by atoms with Crippen LogP contribution < -0.4 is 0 Å². The second-order valence-electron chi connectivity index (χ2n) is 7.24. The molecule has 0 bridgehead atoms. The summed E-state index contributed by atoms with van der Waals surface area (Å²) in [7, 11) is 0. The fraction of sp³-hybridized carbons (Fsp3) is 1.00. The Morgan fingerprint density at radius 3 is 2.20 bits per heavy atom. The normalized spacial score (nSPS) is 31.9. The molecule has 2 heteroatoms. The van der Waals surface area contributed by atoms with Gasteiger partial charge in [0.15, 0.2) is 0 Å². The highest BCUT2D eigenvalue weighted by atomic mass is 32.1. The minimum atomic E-state index is 0.411. The zero-order valence-electron chi connectivity index (χ0n) is 13.5. The average Bonchev–Trinajstić information content (AvgIpc) is 2.50. The molecule has 2 unspecified atom stereocenters. The van der Waals surface area contributed by atoms with E-state index in [1.807, 2.05) is 0 Å². The van der Waals surface area contributed by atoms with Crippen molar-refractivity contribution in [1.82, 2.24) is 0 Å². The van der Waals surface area contributed by atoms with Crippen molar-refractivity contribution in [3.05, 3.63) is 0 Å². The van der Waals surface area contributed by atoms with E-state index in [-0.39, 0.29) is 0 Å². The monoisotopic (exact) mass is 298 g/mol. The third-order valence-electron chi connectivity index (χ3n) is 5.51. The summed E-state index contributed by atoms with van der Waals surface area (Å²) in [6.45, 7) is 5.53. The van der Waals surface area contributed by atoms with Crippen molar-refractivity contribution in [2.45, 2.75) is 89.4 Å². The maximum Gasteiger partial charge on any atom is 0.0721 e. The van der Waals surface area contributed by atoms with Crippen LogP contribution in [0.15, 0.2) is 0 Å². The first-order valence-electron chi connectivity index (χ1n) is 9.02. The SMILES string of the molecule is CCCOC(C1CCC(C)CC1)C(S)C1CCCCC1. The fourth-order valence-corrected chi connectivity index (χ4v) is 4.75. The van der Waals surface area contributed by atoms with Gasteiger partial charge < -0.3 is 4.74 Å². The Bertz CT molecular complexity index is 254. The van der Waals surface area contributed by atoms with Crippen molar-refractivity contribution >= 4 is 12.6 Å². The summed E-state index contributed by atoms with van der Waals surface area (Å²) in [6.07, 6.45) is 14.0. The Labute approximate surface area is 131 Å². The van der Waals surface area contributed by atoms with E-state index in [1.165, 1.54) is 57.8 Å².